The number of guanidine groups is 1. The molecule has 1 unspecified atom stereocenters. The first-order chi connectivity index (χ1) is 13.0. The number of rotatable bonds is 9. The Morgan fingerprint density at radius 1 is 1.30 bits per heavy atom. The normalized spacial score (nSPS) is 19.1. The molecule has 0 aromatic carbocycles. The molecule has 0 spiro atoms. The zero-order chi connectivity index (χ0) is 19.6. The maximum absolute atomic E-state index is 5.88. The summed E-state index contributed by atoms with van der Waals surface area (Å²) in [5.41, 5.74) is 0. The maximum Gasteiger partial charge on any atom is 0.228 e. The Bertz CT molecular complexity index is 572. The van der Waals surface area contributed by atoms with Crippen LogP contribution < -0.4 is 10.6 Å². The number of hydrogen-bond donors (Lipinski definition) is 2. The minimum atomic E-state index is 0.150. The van der Waals surface area contributed by atoms with Gasteiger partial charge in [0.25, 0.3) is 0 Å². The van der Waals surface area contributed by atoms with E-state index in [2.05, 4.69) is 60.3 Å². The van der Waals surface area contributed by atoms with Crippen molar-refractivity contribution < 1.29 is 9.26 Å². The number of aliphatic imine (C=N–C) groups is 1. The van der Waals surface area contributed by atoms with Gasteiger partial charge in [-0.15, -0.1) is 0 Å². The SMILES string of the molecule is CCNC(=NCC1CN(CC(C)C)CCO1)NCCc1nc(C(C)C)no1. The predicted molar refractivity (Wildman–Crippen MR) is 107 cm³/mol. The summed E-state index contributed by atoms with van der Waals surface area (Å²) in [5, 5.41) is 10.6. The van der Waals surface area contributed by atoms with Crippen molar-refractivity contribution >= 4 is 5.96 Å². The monoisotopic (exact) mass is 380 g/mol. The highest BCUT2D eigenvalue weighted by Gasteiger charge is 2.20. The first-order valence-electron chi connectivity index (χ1n) is 10.2. The van der Waals surface area contributed by atoms with Crippen LogP contribution in [0.3, 0.4) is 0 Å². The van der Waals surface area contributed by atoms with Gasteiger partial charge in [0, 0.05) is 45.1 Å². The van der Waals surface area contributed by atoms with Crippen molar-refractivity contribution in [1.82, 2.24) is 25.7 Å². The van der Waals surface area contributed by atoms with Gasteiger partial charge in [-0.2, -0.15) is 4.98 Å². The molecule has 2 N–H and O–H groups in total. The highest BCUT2D eigenvalue weighted by molar-refractivity contribution is 5.79. The van der Waals surface area contributed by atoms with Crippen LogP contribution in [0, 0.1) is 5.92 Å². The number of hydrogen-bond acceptors (Lipinski definition) is 6. The van der Waals surface area contributed by atoms with Gasteiger partial charge in [0.05, 0.1) is 19.3 Å². The lowest BCUT2D eigenvalue weighted by Gasteiger charge is -2.33. The Labute approximate surface area is 163 Å². The third-order valence-electron chi connectivity index (χ3n) is 4.28. The van der Waals surface area contributed by atoms with Crippen molar-refractivity contribution in [2.75, 3.05) is 45.9 Å². The topological polar surface area (TPSA) is 87.8 Å². The average molecular weight is 381 g/mol. The molecular weight excluding hydrogens is 344 g/mol. The number of nitrogens with one attached hydrogen (secondary N) is 2. The average Bonchev–Trinajstić information content (AvgIpc) is 3.09. The van der Waals surface area contributed by atoms with Crippen LogP contribution in [0.1, 0.15) is 52.3 Å². The number of morpholine rings is 1. The van der Waals surface area contributed by atoms with Crippen LogP contribution in [0.2, 0.25) is 0 Å². The molecule has 2 heterocycles. The smallest absolute Gasteiger partial charge is 0.228 e. The van der Waals surface area contributed by atoms with Gasteiger partial charge in [-0.05, 0) is 12.8 Å². The van der Waals surface area contributed by atoms with Crippen LogP contribution in [0.25, 0.3) is 0 Å². The fourth-order valence-corrected chi connectivity index (χ4v) is 3.00. The lowest BCUT2D eigenvalue weighted by molar-refractivity contribution is -0.0261. The fourth-order valence-electron chi connectivity index (χ4n) is 3.00. The summed E-state index contributed by atoms with van der Waals surface area (Å²) in [7, 11) is 0. The molecule has 0 saturated carbocycles. The van der Waals surface area contributed by atoms with Crippen LogP contribution in [0.15, 0.2) is 9.52 Å². The molecule has 1 saturated heterocycles. The van der Waals surface area contributed by atoms with E-state index in [1.54, 1.807) is 0 Å². The van der Waals surface area contributed by atoms with Crippen molar-refractivity contribution in [2.24, 2.45) is 10.9 Å². The summed E-state index contributed by atoms with van der Waals surface area (Å²) < 4.78 is 11.2. The van der Waals surface area contributed by atoms with Crippen molar-refractivity contribution in [3.63, 3.8) is 0 Å². The van der Waals surface area contributed by atoms with Gasteiger partial charge >= 0.3 is 0 Å². The number of ether oxygens (including phenoxy) is 1. The Morgan fingerprint density at radius 3 is 2.78 bits per heavy atom. The molecule has 8 heteroatoms. The standard InChI is InChI=1S/C19H36N6O2/c1-6-20-19(21-8-7-17-23-18(15(4)5)24-27-17)22-11-16-13-25(9-10-26-16)12-14(2)3/h14-16H,6-13H2,1-5H3,(H2,20,21,22). The van der Waals surface area contributed by atoms with Crippen LogP contribution in [0.5, 0.6) is 0 Å². The molecule has 154 valence electrons. The van der Waals surface area contributed by atoms with Gasteiger partial charge in [-0.3, -0.25) is 9.89 Å². The predicted octanol–water partition coefficient (Wildman–Crippen LogP) is 1.65. The largest absolute Gasteiger partial charge is 0.374 e. The van der Waals surface area contributed by atoms with Gasteiger partial charge in [0.2, 0.25) is 5.89 Å². The molecule has 27 heavy (non-hydrogen) atoms. The maximum atomic E-state index is 5.88. The van der Waals surface area contributed by atoms with Crippen LogP contribution in [-0.2, 0) is 11.2 Å². The van der Waals surface area contributed by atoms with E-state index in [0.717, 1.165) is 44.6 Å². The molecule has 0 aliphatic carbocycles. The molecule has 1 aliphatic rings. The Kier molecular flexibility index (Phi) is 9.00. The molecule has 1 aliphatic heterocycles. The number of aromatic nitrogens is 2. The van der Waals surface area contributed by atoms with E-state index in [-0.39, 0.29) is 12.0 Å². The fraction of sp³-hybridized carbons (Fsp3) is 0.842. The van der Waals surface area contributed by atoms with Crippen molar-refractivity contribution in [2.45, 2.75) is 53.1 Å². The summed E-state index contributed by atoms with van der Waals surface area (Å²) in [4.78, 5) is 11.6. The van der Waals surface area contributed by atoms with Crippen molar-refractivity contribution in [3.8, 4) is 0 Å². The summed E-state index contributed by atoms with van der Waals surface area (Å²) in [5.74, 6) is 3.16. The lowest BCUT2D eigenvalue weighted by atomic mass is 10.2. The third kappa shape index (κ3) is 7.84. The molecule has 1 fully saturated rings. The zero-order valence-corrected chi connectivity index (χ0v) is 17.5. The minimum Gasteiger partial charge on any atom is -0.374 e. The molecule has 1 aromatic rings. The highest BCUT2D eigenvalue weighted by atomic mass is 16.5. The van der Waals surface area contributed by atoms with Gasteiger partial charge in [-0.1, -0.05) is 32.9 Å². The molecule has 0 amide bonds. The molecule has 2 rings (SSSR count). The third-order valence-corrected chi connectivity index (χ3v) is 4.28. The molecule has 1 aromatic heterocycles. The molecule has 8 nitrogen and oxygen atoms in total. The van der Waals surface area contributed by atoms with Gasteiger partial charge < -0.3 is 19.9 Å². The van der Waals surface area contributed by atoms with Gasteiger partial charge in [-0.25, -0.2) is 0 Å². The summed E-state index contributed by atoms with van der Waals surface area (Å²) in [6.07, 6.45) is 0.823. The second kappa shape index (κ2) is 11.2. The van der Waals surface area contributed by atoms with E-state index in [9.17, 15) is 0 Å². The van der Waals surface area contributed by atoms with E-state index < -0.39 is 0 Å². The molecule has 1 atom stereocenters. The first-order valence-corrected chi connectivity index (χ1v) is 10.2. The highest BCUT2D eigenvalue weighted by Crippen LogP contribution is 2.10. The van der Waals surface area contributed by atoms with Crippen LogP contribution in [0.4, 0.5) is 0 Å². The van der Waals surface area contributed by atoms with Gasteiger partial charge in [0.1, 0.15) is 0 Å². The second-order valence-corrected chi connectivity index (χ2v) is 7.74. The van der Waals surface area contributed by atoms with Gasteiger partial charge in [0.15, 0.2) is 11.8 Å². The van der Waals surface area contributed by atoms with E-state index in [1.165, 1.54) is 0 Å². The van der Waals surface area contributed by atoms with Crippen molar-refractivity contribution in [1.29, 1.82) is 0 Å². The number of nitrogens with zero attached hydrogens (tertiary/aromatic N) is 4. The second-order valence-electron chi connectivity index (χ2n) is 7.74. The zero-order valence-electron chi connectivity index (χ0n) is 17.5. The molecule has 0 radical (unpaired) electrons. The summed E-state index contributed by atoms with van der Waals surface area (Å²) in [6.45, 7) is 16.7. The molecular formula is C19H36N6O2. The first kappa shape index (κ1) is 21.6. The molecule has 0 bridgehead atoms. The minimum absolute atomic E-state index is 0.150. The van der Waals surface area contributed by atoms with Crippen LogP contribution in [-0.4, -0.2) is 73.0 Å². The summed E-state index contributed by atoms with van der Waals surface area (Å²) >= 11 is 0. The van der Waals surface area contributed by atoms with E-state index in [0.29, 0.717) is 31.3 Å². The van der Waals surface area contributed by atoms with Crippen molar-refractivity contribution in [3.05, 3.63) is 11.7 Å². The van der Waals surface area contributed by atoms with E-state index in [1.807, 2.05) is 0 Å². The summed E-state index contributed by atoms with van der Waals surface area (Å²) in [6, 6.07) is 0. The van der Waals surface area contributed by atoms with E-state index in [4.69, 9.17) is 14.3 Å². The lowest BCUT2D eigenvalue weighted by Crippen LogP contribution is -2.46. The van der Waals surface area contributed by atoms with Crippen LogP contribution >= 0.6 is 0 Å². The Morgan fingerprint density at radius 2 is 2.11 bits per heavy atom. The quantitative estimate of drug-likeness (QED) is 0.497. The Hall–Kier alpha value is -1.67. The Balaban J connectivity index is 1.79. The van der Waals surface area contributed by atoms with E-state index >= 15 is 0 Å².